The van der Waals surface area contributed by atoms with Crippen LogP contribution in [0, 0.1) is 32.6 Å². The van der Waals surface area contributed by atoms with Crippen LogP contribution in [-0.2, 0) is 53.6 Å². The predicted molar refractivity (Wildman–Crippen MR) is 335 cm³/mol. The molecule has 0 fully saturated rings. The largest absolute Gasteiger partial charge is 0.509 e. The van der Waals surface area contributed by atoms with Crippen molar-refractivity contribution in [3.8, 4) is 39.6 Å². The summed E-state index contributed by atoms with van der Waals surface area (Å²) in [6.45, 7) is 48.8. The van der Waals surface area contributed by atoms with Gasteiger partial charge in [0, 0.05) is 67.3 Å². The molecule has 0 saturated heterocycles. The molecule has 3 aromatic heterocycles. The number of anilines is 4. The van der Waals surface area contributed by atoms with Crippen LogP contribution >= 0.6 is 0 Å². The maximum Gasteiger partial charge on any atom is 0.135 e. The molecule has 0 unspecified atom stereocenters. The molecule has 0 spiro atoms. The summed E-state index contributed by atoms with van der Waals surface area (Å²) in [7, 11) is 0. The number of pyridine rings is 2. The Hall–Kier alpha value is -6.49. The topological polar surface area (TPSA) is 46.4 Å². The molecule has 80 heavy (non-hydrogen) atoms. The van der Waals surface area contributed by atoms with E-state index >= 15 is 0 Å². The van der Waals surface area contributed by atoms with Crippen LogP contribution < -0.4 is 14.5 Å². The second-order valence-corrected chi connectivity index (χ2v) is 28.4. The monoisotopic (exact) mass is 1240 g/mol. The first kappa shape index (κ1) is 58.2. The fourth-order valence-corrected chi connectivity index (χ4v) is 11.3. The number of hydrogen-bond acceptors (Lipinski definition) is 5. The minimum Gasteiger partial charge on any atom is -0.509 e. The first-order valence-electron chi connectivity index (χ1n) is 28.3. The minimum absolute atomic E-state index is 0. The second kappa shape index (κ2) is 20.5. The molecule has 6 aromatic carbocycles. The number of para-hydroxylation sites is 1. The molecule has 0 amide bonds. The fourth-order valence-electron chi connectivity index (χ4n) is 11.3. The predicted octanol–water partition coefficient (Wildman–Crippen LogP) is 20.1. The minimum atomic E-state index is -0.181. The molecule has 10 rings (SSSR count). The van der Waals surface area contributed by atoms with Gasteiger partial charge in [-0.25, -0.2) is 9.97 Å². The van der Waals surface area contributed by atoms with Gasteiger partial charge in [-0.1, -0.05) is 178 Å². The molecule has 1 aliphatic heterocycles. The van der Waals surface area contributed by atoms with E-state index in [2.05, 4.69) is 269 Å². The third-order valence-electron chi connectivity index (χ3n) is 15.9. The van der Waals surface area contributed by atoms with E-state index in [9.17, 15) is 0 Å². The molecular weight excluding hydrogens is 1160 g/mol. The average Bonchev–Trinajstić information content (AvgIpc) is 4.08. The normalized spacial score (nSPS) is 13.6. The molecule has 0 aliphatic carbocycles. The molecule has 0 saturated carbocycles. The number of aryl methyl sites for hydroxylation is 2. The van der Waals surface area contributed by atoms with Gasteiger partial charge in [-0.15, -0.1) is 42.4 Å². The number of aromatic nitrogens is 3. The Bertz CT molecular complexity index is 3730. The first-order valence-corrected chi connectivity index (χ1v) is 28.3. The number of hydrogen-bond donors (Lipinski definition) is 0. The van der Waals surface area contributed by atoms with Gasteiger partial charge in [0.1, 0.15) is 11.6 Å². The van der Waals surface area contributed by atoms with Gasteiger partial charge >= 0.3 is 0 Å². The Labute approximate surface area is 493 Å². The van der Waals surface area contributed by atoms with E-state index in [4.69, 9.17) is 14.7 Å². The van der Waals surface area contributed by atoms with Crippen LogP contribution in [0.15, 0.2) is 128 Å². The zero-order valence-electron chi connectivity index (χ0n) is 51.2. The van der Waals surface area contributed by atoms with E-state index < -0.39 is 0 Å². The molecule has 1 aliphatic rings. The zero-order chi connectivity index (χ0) is 57.1. The van der Waals surface area contributed by atoms with E-state index in [-0.39, 0.29) is 53.6 Å². The Morgan fingerprint density at radius 2 is 1.01 bits per heavy atom. The van der Waals surface area contributed by atoms with Gasteiger partial charge in [-0.2, -0.15) is 12.1 Å². The summed E-state index contributed by atoms with van der Waals surface area (Å²) in [6.07, 6.45) is 3.80. The van der Waals surface area contributed by atoms with Crippen molar-refractivity contribution in [2.45, 2.75) is 171 Å². The SMILES string of the molecule is Cc1cc(C(C)(C)C)cc(C(C)(C)C)c1-c1cc(C(C)(C)C)cc(-c2c(C)cc(C(C)(C)C)cc2C(C)(C)C)c1N1[CH-]N(c2[c-]c(Oc3[c-]c4c(cc3)c3ccccc3n4-c3cc(C(C)(C)C)ccn3)ccc2)c2ncccc21.[Pt]. The molecule has 418 valence electrons. The van der Waals surface area contributed by atoms with E-state index in [1.165, 1.54) is 66.8 Å². The van der Waals surface area contributed by atoms with Crippen molar-refractivity contribution in [3.63, 3.8) is 0 Å². The summed E-state index contributed by atoms with van der Waals surface area (Å²) in [5.74, 6) is 2.80. The Balaban J connectivity index is 0.00000774. The molecule has 0 N–H and O–H groups in total. The smallest absolute Gasteiger partial charge is 0.135 e. The van der Waals surface area contributed by atoms with Crippen molar-refractivity contribution < 1.29 is 25.8 Å². The number of rotatable bonds is 7. The van der Waals surface area contributed by atoms with Gasteiger partial charge in [0.15, 0.2) is 0 Å². The van der Waals surface area contributed by atoms with Crippen LogP contribution in [0.1, 0.15) is 169 Å². The third-order valence-corrected chi connectivity index (χ3v) is 15.9. The van der Waals surface area contributed by atoms with Crippen molar-refractivity contribution in [2.75, 3.05) is 9.80 Å². The third kappa shape index (κ3) is 10.9. The second-order valence-electron chi connectivity index (χ2n) is 28.4. The molecular formula is C73H82N5OPt-3. The van der Waals surface area contributed by atoms with Crippen molar-refractivity contribution in [3.05, 3.63) is 191 Å². The Morgan fingerprint density at radius 1 is 0.463 bits per heavy atom. The van der Waals surface area contributed by atoms with Crippen molar-refractivity contribution >= 4 is 44.7 Å². The first-order chi connectivity index (χ1) is 36.8. The van der Waals surface area contributed by atoms with Crippen LogP contribution in [0.3, 0.4) is 0 Å². The standard InChI is InChI=1S/C73H82N5O.Pt/c1-45-35-48(69(6,7)8)39-58(72(15,16)17)64(45)56-37-50(71(12,13)14)38-57(65-46(2)36-49(70(9,10)11)40-59(65)73(18,19)20)66(56)77-44-76(67-61(77)29-24-33-75-67)51-25-23-26-52(42-51)79-53-30-31-55-54-27-21-22-28-60(54)78(62(55)43-53)63-41-47(32-34-74-63)68(3,4)5;/h21-41,44H,1-20H3;/q-3;. The van der Waals surface area contributed by atoms with Crippen LogP contribution in [0.4, 0.5) is 22.9 Å². The van der Waals surface area contributed by atoms with Crippen molar-refractivity contribution in [1.82, 2.24) is 14.5 Å². The summed E-state index contributed by atoms with van der Waals surface area (Å²) in [6, 6.07) is 49.5. The quantitative estimate of drug-likeness (QED) is 0.149. The van der Waals surface area contributed by atoms with Crippen LogP contribution in [-0.4, -0.2) is 14.5 Å². The molecule has 0 bridgehead atoms. The Kier molecular flexibility index (Phi) is 14.9. The number of benzene rings is 6. The maximum absolute atomic E-state index is 6.81. The van der Waals surface area contributed by atoms with Gasteiger partial charge in [-0.3, -0.25) is 0 Å². The van der Waals surface area contributed by atoms with Gasteiger partial charge in [0.25, 0.3) is 0 Å². The van der Waals surface area contributed by atoms with E-state index in [0.29, 0.717) is 11.5 Å². The van der Waals surface area contributed by atoms with Crippen LogP contribution in [0.2, 0.25) is 0 Å². The van der Waals surface area contributed by atoms with Crippen molar-refractivity contribution in [1.29, 1.82) is 0 Å². The number of nitrogens with zero attached hydrogens (tertiary/aromatic N) is 5. The van der Waals surface area contributed by atoms with Gasteiger partial charge in [-0.05, 0) is 150 Å². The molecule has 4 heterocycles. The van der Waals surface area contributed by atoms with Crippen LogP contribution in [0.5, 0.6) is 11.5 Å². The summed E-state index contributed by atoms with van der Waals surface area (Å²) < 4.78 is 9.02. The number of ether oxygens (including phenoxy) is 1. The molecule has 7 heteroatoms. The van der Waals surface area contributed by atoms with E-state index in [0.717, 1.165) is 50.5 Å². The fraction of sp³-hybridized carbons (Fsp3) is 0.356. The molecule has 6 nitrogen and oxygen atoms in total. The van der Waals surface area contributed by atoms with Crippen LogP contribution in [0.25, 0.3) is 49.9 Å². The van der Waals surface area contributed by atoms with Crippen molar-refractivity contribution in [2.24, 2.45) is 0 Å². The molecule has 9 aromatic rings. The summed E-state index contributed by atoms with van der Waals surface area (Å²) in [5.41, 5.74) is 19.5. The van der Waals surface area contributed by atoms with Gasteiger partial charge in [0.05, 0.1) is 5.69 Å². The summed E-state index contributed by atoms with van der Waals surface area (Å²) in [5, 5.41) is 2.21. The van der Waals surface area contributed by atoms with E-state index in [1.807, 2.05) is 30.6 Å². The molecule has 0 radical (unpaired) electrons. The molecule has 0 atom stereocenters. The van der Waals surface area contributed by atoms with Gasteiger partial charge < -0.3 is 19.1 Å². The average molecular weight is 1240 g/mol. The zero-order valence-corrected chi connectivity index (χ0v) is 53.4. The summed E-state index contributed by atoms with van der Waals surface area (Å²) >= 11 is 0. The Morgan fingerprint density at radius 3 is 1.57 bits per heavy atom. The van der Waals surface area contributed by atoms with E-state index in [1.54, 1.807) is 0 Å². The number of fused-ring (bicyclic) bond motifs is 4. The maximum atomic E-state index is 6.81. The van der Waals surface area contributed by atoms with Gasteiger partial charge in [0.2, 0.25) is 0 Å². The summed E-state index contributed by atoms with van der Waals surface area (Å²) in [4.78, 5) is 14.7.